The van der Waals surface area contributed by atoms with Crippen molar-refractivity contribution < 1.29 is 9.59 Å². The molecule has 144 valence electrons. The van der Waals surface area contributed by atoms with Crippen molar-refractivity contribution >= 4 is 44.7 Å². The summed E-state index contributed by atoms with van der Waals surface area (Å²) in [5.41, 5.74) is 15.1. The number of nitrogen functional groups attached to an aromatic ring is 1. The third-order valence-electron chi connectivity index (χ3n) is 4.60. The SMILES string of the molecule is Cc1nc2sc(C(N)=O)c(N)c2c(-c2ccccc2)c1C(=O)Nc1ccccc1. The van der Waals surface area contributed by atoms with Crippen molar-refractivity contribution in [1.82, 2.24) is 4.98 Å². The first-order chi connectivity index (χ1) is 14.0. The molecular formula is C22H18N4O2S. The number of amides is 2. The van der Waals surface area contributed by atoms with Gasteiger partial charge >= 0.3 is 0 Å². The summed E-state index contributed by atoms with van der Waals surface area (Å²) in [4.78, 5) is 30.4. The van der Waals surface area contributed by atoms with Gasteiger partial charge in [-0.25, -0.2) is 4.98 Å². The largest absolute Gasteiger partial charge is 0.397 e. The zero-order valence-electron chi connectivity index (χ0n) is 15.6. The Morgan fingerprint density at radius 3 is 2.24 bits per heavy atom. The lowest BCUT2D eigenvalue weighted by molar-refractivity contribution is 0.100. The van der Waals surface area contributed by atoms with Gasteiger partial charge in [-0.2, -0.15) is 0 Å². The topological polar surface area (TPSA) is 111 Å². The first kappa shape index (κ1) is 18.6. The predicted molar refractivity (Wildman–Crippen MR) is 117 cm³/mol. The van der Waals surface area contributed by atoms with E-state index < -0.39 is 5.91 Å². The average molecular weight is 402 g/mol. The molecule has 0 aliphatic carbocycles. The Morgan fingerprint density at radius 2 is 1.62 bits per heavy atom. The van der Waals surface area contributed by atoms with Crippen LogP contribution in [-0.4, -0.2) is 16.8 Å². The molecule has 6 nitrogen and oxygen atoms in total. The standard InChI is InChI=1S/C22H18N4O2S/c1-12-15(21(28)26-14-10-6-3-7-11-14)16(13-8-4-2-5-9-13)17-18(23)19(20(24)27)29-22(17)25-12/h2-11H,23H2,1H3,(H2,24,27)(H,26,28). The lowest BCUT2D eigenvalue weighted by Gasteiger charge is -2.15. The smallest absolute Gasteiger partial charge is 0.260 e. The van der Waals surface area contributed by atoms with Crippen LogP contribution in [0, 0.1) is 6.92 Å². The number of aryl methyl sites for hydroxylation is 1. The maximum atomic E-state index is 13.2. The molecule has 0 radical (unpaired) electrons. The van der Waals surface area contributed by atoms with E-state index in [0.717, 1.165) is 16.9 Å². The Morgan fingerprint density at radius 1 is 1.00 bits per heavy atom. The van der Waals surface area contributed by atoms with Gasteiger partial charge in [0.1, 0.15) is 9.71 Å². The maximum Gasteiger partial charge on any atom is 0.260 e. The number of hydrogen-bond donors (Lipinski definition) is 3. The van der Waals surface area contributed by atoms with Crippen molar-refractivity contribution in [3.05, 3.63) is 76.8 Å². The molecule has 0 saturated heterocycles. The molecule has 7 heteroatoms. The van der Waals surface area contributed by atoms with E-state index in [4.69, 9.17) is 11.5 Å². The van der Waals surface area contributed by atoms with Gasteiger partial charge in [0.2, 0.25) is 0 Å². The molecule has 0 bridgehead atoms. The normalized spacial score (nSPS) is 10.8. The number of nitrogens with zero attached hydrogens (tertiary/aromatic N) is 1. The third kappa shape index (κ3) is 3.32. The van der Waals surface area contributed by atoms with Crippen molar-refractivity contribution in [2.75, 3.05) is 11.1 Å². The van der Waals surface area contributed by atoms with E-state index in [-0.39, 0.29) is 16.5 Å². The number of carbonyl (C=O) groups is 2. The summed E-state index contributed by atoms with van der Waals surface area (Å²) < 4.78 is 0. The zero-order chi connectivity index (χ0) is 20.5. The highest BCUT2D eigenvalue weighted by Gasteiger charge is 2.25. The van der Waals surface area contributed by atoms with Gasteiger partial charge in [-0.1, -0.05) is 48.5 Å². The number of fused-ring (bicyclic) bond motifs is 1. The minimum Gasteiger partial charge on any atom is -0.397 e. The number of thiophene rings is 1. The van der Waals surface area contributed by atoms with Crippen LogP contribution < -0.4 is 16.8 Å². The van der Waals surface area contributed by atoms with Crippen LogP contribution in [0.4, 0.5) is 11.4 Å². The van der Waals surface area contributed by atoms with Crippen LogP contribution in [0.3, 0.4) is 0 Å². The van der Waals surface area contributed by atoms with Crippen molar-refractivity contribution in [2.24, 2.45) is 5.73 Å². The minimum absolute atomic E-state index is 0.240. The quantitative estimate of drug-likeness (QED) is 0.475. The van der Waals surface area contributed by atoms with Crippen LogP contribution in [-0.2, 0) is 0 Å². The number of hydrogen-bond acceptors (Lipinski definition) is 5. The Labute approximate surface area is 171 Å². The third-order valence-corrected chi connectivity index (χ3v) is 5.72. The summed E-state index contributed by atoms with van der Waals surface area (Å²) in [7, 11) is 0. The monoisotopic (exact) mass is 402 g/mol. The van der Waals surface area contributed by atoms with Crippen LogP contribution >= 0.6 is 11.3 Å². The summed E-state index contributed by atoms with van der Waals surface area (Å²) >= 11 is 1.14. The van der Waals surface area contributed by atoms with Crippen LogP contribution in [0.2, 0.25) is 0 Å². The van der Waals surface area contributed by atoms with Crippen LogP contribution in [0.15, 0.2) is 60.7 Å². The predicted octanol–water partition coefficient (Wildman–Crippen LogP) is 4.21. The summed E-state index contributed by atoms with van der Waals surface area (Å²) in [6, 6.07) is 18.6. The average Bonchev–Trinajstić information content (AvgIpc) is 3.04. The molecule has 4 aromatic rings. The lowest BCUT2D eigenvalue weighted by Crippen LogP contribution is -2.16. The number of nitrogens with one attached hydrogen (secondary N) is 1. The summed E-state index contributed by atoms with van der Waals surface area (Å²) in [6.45, 7) is 1.77. The van der Waals surface area contributed by atoms with Crippen molar-refractivity contribution in [1.29, 1.82) is 0 Å². The van der Waals surface area contributed by atoms with E-state index in [1.165, 1.54) is 0 Å². The van der Waals surface area contributed by atoms with Crippen LogP contribution in [0.1, 0.15) is 25.7 Å². The van der Waals surface area contributed by atoms with Gasteiger partial charge in [0, 0.05) is 16.6 Å². The molecular weight excluding hydrogens is 384 g/mol. The highest BCUT2D eigenvalue weighted by atomic mass is 32.1. The minimum atomic E-state index is -0.613. The molecule has 29 heavy (non-hydrogen) atoms. The van der Waals surface area contributed by atoms with E-state index >= 15 is 0 Å². The molecule has 2 aromatic carbocycles. The number of benzene rings is 2. The van der Waals surface area contributed by atoms with E-state index in [0.29, 0.717) is 32.7 Å². The van der Waals surface area contributed by atoms with E-state index in [2.05, 4.69) is 10.3 Å². The Kier molecular flexibility index (Phi) is 4.74. The van der Waals surface area contributed by atoms with Crippen LogP contribution in [0.25, 0.3) is 21.3 Å². The van der Waals surface area contributed by atoms with Crippen molar-refractivity contribution in [3.63, 3.8) is 0 Å². The molecule has 0 atom stereocenters. The fourth-order valence-electron chi connectivity index (χ4n) is 3.34. The number of primary amides is 1. The first-order valence-electron chi connectivity index (χ1n) is 8.91. The molecule has 2 aromatic heterocycles. The second kappa shape index (κ2) is 7.37. The van der Waals surface area contributed by atoms with E-state index in [9.17, 15) is 9.59 Å². The Bertz CT molecular complexity index is 1230. The maximum absolute atomic E-state index is 13.2. The molecule has 0 aliphatic heterocycles. The second-order valence-corrected chi connectivity index (χ2v) is 7.52. The van der Waals surface area contributed by atoms with Gasteiger partial charge in [0.15, 0.2) is 0 Å². The molecule has 2 amide bonds. The van der Waals surface area contributed by atoms with Gasteiger partial charge in [0.25, 0.3) is 11.8 Å². The fourth-order valence-corrected chi connectivity index (χ4v) is 4.34. The van der Waals surface area contributed by atoms with Gasteiger partial charge in [0.05, 0.1) is 16.9 Å². The molecule has 0 fully saturated rings. The summed E-state index contributed by atoms with van der Waals surface area (Å²) in [6.07, 6.45) is 0. The molecule has 0 unspecified atom stereocenters. The summed E-state index contributed by atoms with van der Waals surface area (Å²) in [5, 5.41) is 3.48. The van der Waals surface area contributed by atoms with Gasteiger partial charge in [-0.15, -0.1) is 11.3 Å². The number of nitrogens with two attached hydrogens (primary N) is 2. The number of pyridine rings is 1. The number of rotatable bonds is 4. The summed E-state index contributed by atoms with van der Waals surface area (Å²) in [5.74, 6) is -0.911. The van der Waals surface area contributed by atoms with E-state index in [1.54, 1.807) is 6.92 Å². The molecule has 2 heterocycles. The fraction of sp³-hybridized carbons (Fsp3) is 0.0455. The first-order valence-corrected chi connectivity index (χ1v) is 9.73. The zero-order valence-corrected chi connectivity index (χ0v) is 16.4. The molecule has 0 saturated carbocycles. The highest BCUT2D eigenvalue weighted by Crippen LogP contribution is 2.42. The van der Waals surface area contributed by atoms with Gasteiger partial charge in [-0.05, 0) is 24.6 Å². The van der Waals surface area contributed by atoms with Crippen molar-refractivity contribution in [3.8, 4) is 11.1 Å². The van der Waals surface area contributed by atoms with Crippen molar-refractivity contribution in [2.45, 2.75) is 6.92 Å². The molecule has 0 spiro atoms. The molecule has 5 N–H and O–H groups in total. The number of anilines is 2. The second-order valence-electron chi connectivity index (χ2n) is 6.52. The number of carbonyl (C=O) groups excluding carboxylic acids is 2. The van der Waals surface area contributed by atoms with Gasteiger partial charge in [-0.3, -0.25) is 9.59 Å². The molecule has 0 aliphatic rings. The number of aromatic nitrogens is 1. The Balaban J connectivity index is 2.00. The Hall–Kier alpha value is -3.71. The molecule has 4 rings (SSSR count). The van der Waals surface area contributed by atoms with Gasteiger partial charge < -0.3 is 16.8 Å². The lowest BCUT2D eigenvalue weighted by atomic mass is 9.94. The van der Waals surface area contributed by atoms with Crippen LogP contribution in [0.5, 0.6) is 0 Å². The highest BCUT2D eigenvalue weighted by molar-refractivity contribution is 7.21. The number of para-hydroxylation sites is 1. The van der Waals surface area contributed by atoms with E-state index in [1.807, 2.05) is 60.7 Å².